The Morgan fingerprint density at radius 2 is 2.12 bits per heavy atom. The van der Waals surface area contributed by atoms with E-state index in [9.17, 15) is 9.59 Å². The van der Waals surface area contributed by atoms with Crippen LogP contribution < -0.4 is 11.0 Å². The molecule has 7 nitrogen and oxygen atoms in total. The summed E-state index contributed by atoms with van der Waals surface area (Å²) in [7, 11) is 1.14. The molecule has 0 heterocycles. The van der Waals surface area contributed by atoms with Crippen molar-refractivity contribution in [2.45, 2.75) is 6.92 Å². The molecule has 0 fully saturated rings. The predicted octanol–water partition coefficient (Wildman–Crippen LogP) is 0.983. The number of hydroxylamine groups is 1. The molecule has 0 aliphatic carbocycles. The Labute approximate surface area is 98.2 Å². The summed E-state index contributed by atoms with van der Waals surface area (Å²) in [5.74, 6) is 0. The topological polar surface area (TPSA) is 79.9 Å². The number of hydrogen-bond acceptors (Lipinski definition) is 6. The van der Waals surface area contributed by atoms with Gasteiger partial charge in [0, 0.05) is 0 Å². The van der Waals surface area contributed by atoms with Gasteiger partial charge in [-0.05, 0) is 18.6 Å². The molecule has 92 valence electrons. The van der Waals surface area contributed by atoms with Gasteiger partial charge in [-0.25, -0.2) is 4.79 Å². The van der Waals surface area contributed by atoms with Crippen LogP contribution in [-0.4, -0.2) is 24.8 Å². The van der Waals surface area contributed by atoms with Crippen LogP contribution in [0.25, 0.3) is 0 Å². The number of amides is 1. The van der Waals surface area contributed by atoms with Gasteiger partial charge in [-0.15, -0.1) is 5.53 Å². The van der Waals surface area contributed by atoms with Crippen LogP contribution in [-0.2, 0) is 14.4 Å². The highest BCUT2D eigenvalue weighted by Gasteiger charge is 2.09. The summed E-state index contributed by atoms with van der Waals surface area (Å²) in [4.78, 5) is 25.7. The molecule has 0 saturated heterocycles. The lowest BCUT2D eigenvalue weighted by atomic mass is 10.2. The average Bonchev–Trinajstić information content (AvgIpc) is 2.35. The molecule has 0 aliphatic heterocycles. The van der Waals surface area contributed by atoms with Gasteiger partial charge >= 0.3 is 6.16 Å². The summed E-state index contributed by atoms with van der Waals surface area (Å²) in [5, 5.41) is 0.554. The van der Waals surface area contributed by atoms with E-state index < -0.39 is 6.16 Å². The third-order valence-electron chi connectivity index (χ3n) is 1.88. The number of rotatable bonds is 5. The summed E-state index contributed by atoms with van der Waals surface area (Å²) in [6.07, 6.45) is -0.724. The Kier molecular flexibility index (Phi) is 4.77. The maximum atomic E-state index is 10.7. The summed E-state index contributed by atoms with van der Waals surface area (Å²) in [6, 6.07) is 7.38. The Bertz CT molecular complexity index is 397. The van der Waals surface area contributed by atoms with E-state index in [-0.39, 0.29) is 6.41 Å². The summed E-state index contributed by atoms with van der Waals surface area (Å²) < 4.78 is 4.23. The van der Waals surface area contributed by atoms with Gasteiger partial charge in [0.15, 0.2) is 0 Å². The molecule has 17 heavy (non-hydrogen) atoms. The number of hydrogen-bond donors (Lipinski definition) is 2. The van der Waals surface area contributed by atoms with Crippen molar-refractivity contribution in [2.24, 2.45) is 0 Å². The molecule has 1 rings (SSSR count). The molecule has 0 aromatic heterocycles. The van der Waals surface area contributed by atoms with E-state index in [4.69, 9.17) is 0 Å². The van der Waals surface area contributed by atoms with Gasteiger partial charge in [-0.2, -0.15) is 0 Å². The lowest BCUT2D eigenvalue weighted by molar-refractivity contribution is -0.170. The zero-order valence-electron chi connectivity index (χ0n) is 9.47. The fraction of sp³-hybridized carbons (Fsp3) is 0.200. The first-order valence-corrected chi connectivity index (χ1v) is 4.75. The maximum absolute atomic E-state index is 10.7. The SMILES string of the molecule is COC(=O)ON(C=O)NNc1ccccc1C. The second kappa shape index (κ2) is 6.33. The van der Waals surface area contributed by atoms with E-state index in [2.05, 4.69) is 20.5 Å². The van der Waals surface area contributed by atoms with Gasteiger partial charge < -0.3 is 10.2 Å². The minimum absolute atomic E-state index is 0.280. The van der Waals surface area contributed by atoms with Crippen LogP contribution in [0.3, 0.4) is 0 Å². The number of carbonyl (C=O) groups is 2. The van der Waals surface area contributed by atoms with Crippen molar-refractivity contribution in [1.82, 2.24) is 10.7 Å². The first kappa shape index (κ1) is 12.8. The Morgan fingerprint density at radius 3 is 2.71 bits per heavy atom. The van der Waals surface area contributed by atoms with Crippen molar-refractivity contribution < 1.29 is 19.2 Å². The molecular formula is C10H13N3O4. The average molecular weight is 239 g/mol. The van der Waals surface area contributed by atoms with Gasteiger partial charge in [-0.3, -0.25) is 9.63 Å². The largest absolute Gasteiger partial charge is 0.534 e. The number of ether oxygens (including phenoxy) is 1. The quantitative estimate of drug-likeness (QED) is 0.453. The molecule has 0 spiro atoms. The number of para-hydroxylation sites is 1. The van der Waals surface area contributed by atoms with Gasteiger partial charge in [0.1, 0.15) is 0 Å². The summed E-state index contributed by atoms with van der Waals surface area (Å²) >= 11 is 0. The van der Waals surface area contributed by atoms with Crippen molar-refractivity contribution in [2.75, 3.05) is 12.5 Å². The highest BCUT2D eigenvalue weighted by molar-refractivity contribution is 5.61. The maximum Gasteiger partial charge on any atom is 0.534 e. The number of nitrogens with zero attached hydrogens (tertiary/aromatic N) is 1. The summed E-state index contributed by atoms with van der Waals surface area (Å²) in [5.41, 5.74) is 6.79. The second-order valence-electron chi connectivity index (χ2n) is 3.03. The minimum Gasteiger partial charge on any atom is -0.436 e. The third-order valence-corrected chi connectivity index (χ3v) is 1.88. The molecular weight excluding hydrogens is 226 g/mol. The lowest BCUT2D eigenvalue weighted by Gasteiger charge is -2.17. The smallest absolute Gasteiger partial charge is 0.436 e. The number of nitrogens with one attached hydrogen (secondary N) is 2. The van der Waals surface area contributed by atoms with Gasteiger partial charge in [-0.1, -0.05) is 23.4 Å². The van der Waals surface area contributed by atoms with E-state index in [1.807, 2.05) is 25.1 Å². The van der Waals surface area contributed by atoms with Crippen LogP contribution in [0.1, 0.15) is 5.56 Å². The van der Waals surface area contributed by atoms with Crippen LogP contribution in [0.15, 0.2) is 24.3 Å². The van der Waals surface area contributed by atoms with Gasteiger partial charge in [0.2, 0.25) is 0 Å². The van der Waals surface area contributed by atoms with Crippen LogP contribution in [0.2, 0.25) is 0 Å². The zero-order valence-corrected chi connectivity index (χ0v) is 9.47. The van der Waals surface area contributed by atoms with Crippen molar-refractivity contribution >= 4 is 18.3 Å². The molecule has 1 amide bonds. The standard InChI is InChI=1S/C10H13N3O4/c1-8-5-3-4-6-9(8)11-12-13(7-14)17-10(15)16-2/h3-7,11-12H,1-2H3. The number of carbonyl (C=O) groups excluding carboxylic acids is 2. The van der Waals surface area contributed by atoms with Crippen LogP contribution >= 0.6 is 0 Å². The fourth-order valence-electron chi connectivity index (χ4n) is 1.02. The van der Waals surface area contributed by atoms with Gasteiger partial charge in [0.25, 0.3) is 6.41 Å². The number of hydrazine groups is 2. The molecule has 7 heteroatoms. The Hall–Kier alpha value is -2.28. The Morgan fingerprint density at radius 1 is 1.41 bits per heavy atom. The molecule has 0 bridgehead atoms. The molecule has 1 aromatic rings. The first-order chi connectivity index (χ1) is 8.17. The van der Waals surface area contributed by atoms with Crippen LogP contribution in [0, 0.1) is 6.92 Å². The monoisotopic (exact) mass is 239 g/mol. The minimum atomic E-state index is -1.00. The fourth-order valence-corrected chi connectivity index (χ4v) is 1.02. The first-order valence-electron chi connectivity index (χ1n) is 4.75. The molecule has 0 radical (unpaired) electrons. The molecule has 0 atom stereocenters. The van der Waals surface area contributed by atoms with Crippen LogP contribution in [0.4, 0.5) is 10.5 Å². The Balaban J connectivity index is 2.51. The number of benzene rings is 1. The van der Waals surface area contributed by atoms with Crippen LogP contribution in [0.5, 0.6) is 0 Å². The van der Waals surface area contributed by atoms with E-state index in [0.717, 1.165) is 18.4 Å². The number of aryl methyl sites for hydroxylation is 1. The summed E-state index contributed by atoms with van der Waals surface area (Å²) in [6.45, 7) is 1.89. The molecule has 1 aromatic carbocycles. The van der Waals surface area contributed by atoms with E-state index in [0.29, 0.717) is 5.17 Å². The predicted molar refractivity (Wildman–Crippen MR) is 59.3 cm³/mol. The number of anilines is 1. The van der Waals surface area contributed by atoms with Crippen molar-refractivity contribution in [1.29, 1.82) is 0 Å². The molecule has 0 aliphatic rings. The molecule has 2 N–H and O–H groups in total. The highest BCUT2D eigenvalue weighted by Crippen LogP contribution is 2.11. The van der Waals surface area contributed by atoms with Gasteiger partial charge in [0.05, 0.1) is 12.8 Å². The highest BCUT2D eigenvalue weighted by atomic mass is 16.8. The van der Waals surface area contributed by atoms with E-state index in [1.165, 1.54) is 0 Å². The lowest BCUT2D eigenvalue weighted by Crippen LogP contribution is -2.42. The molecule has 0 saturated carbocycles. The van der Waals surface area contributed by atoms with E-state index in [1.54, 1.807) is 6.07 Å². The van der Waals surface area contributed by atoms with E-state index >= 15 is 0 Å². The van der Waals surface area contributed by atoms with Crippen molar-refractivity contribution in [3.63, 3.8) is 0 Å². The normalized spacial score (nSPS) is 9.29. The third kappa shape index (κ3) is 3.99. The second-order valence-corrected chi connectivity index (χ2v) is 3.03. The van der Waals surface area contributed by atoms with Crippen molar-refractivity contribution in [3.8, 4) is 0 Å². The number of methoxy groups -OCH3 is 1. The van der Waals surface area contributed by atoms with Crippen molar-refractivity contribution in [3.05, 3.63) is 29.8 Å². The zero-order chi connectivity index (χ0) is 12.7. The molecule has 0 unspecified atom stereocenters.